The predicted octanol–water partition coefficient (Wildman–Crippen LogP) is 5.95. The van der Waals surface area contributed by atoms with E-state index in [-0.39, 0.29) is 46.9 Å². The monoisotopic (exact) mass is 520 g/mol. The van der Waals surface area contributed by atoms with Gasteiger partial charge in [0.15, 0.2) is 7.85 Å². The van der Waals surface area contributed by atoms with Crippen LogP contribution in [0.15, 0.2) is 0 Å². The molecule has 0 aromatic carbocycles. The zero-order chi connectivity index (χ0) is 29.7. The molecule has 0 aliphatic rings. The zero-order valence-corrected chi connectivity index (χ0v) is 26.5. The number of ether oxygens (including phenoxy) is 1. The third-order valence-electron chi connectivity index (χ3n) is 9.05. The Morgan fingerprint density at radius 1 is 0.784 bits per heavy atom. The summed E-state index contributed by atoms with van der Waals surface area (Å²) in [5.74, 6) is -0.0930. The lowest BCUT2D eigenvalue weighted by molar-refractivity contribution is -0.145. The van der Waals surface area contributed by atoms with Gasteiger partial charge in [-0.05, 0) is 63.7 Å². The summed E-state index contributed by atoms with van der Waals surface area (Å²) in [6.07, 6.45) is 2.35. The van der Waals surface area contributed by atoms with E-state index in [0.717, 1.165) is 12.8 Å². The molecule has 2 radical (unpaired) electrons. The number of carbonyl (C=O) groups is 3. The molecular formula is C30H57BN2O4. The van der Waals surface area contributed by atoms with Crippen LogP contribution in [0.5, 0.6) is 0 Å². The van der Waals surface area contributed by atoms with Gasteiger partial charge in [0.2, 0.25) is 11.8 Å². The van der Waals surface area contributed by atoms with Gasteiger partial charge in [0.05, 0.1) is 11.3 Å². The average molecular weight is 521 g/mol. The van der Waals surface area contributed by atoms with Crippen LogP contribution in [0.2, 0.25) is 0 Å². The van der Waals surface area contributed by atoms with Crippen LogP contribution in [-0.2, 0) is 19.1 Å². The van der Waals surface area contributed by atoms with Crippen LogP contribution in [0.3, 0.4) is 0 Å². The minimum absolute atomic E-state index is 0.0296. The van der Waals surface area contributed by atoms with E-state index in [1.54, 1.807) is 0 Å². The fourth-order valence-corrected chi connectivity index (χ4v) is 4.54. The first-order valence-corrected chi connectivity index (χ1v) is 13.8. The van der Waals surface area contributed by atoms with Gasteiger partial charge in [0.25, 0.3) is 0 Å². The SMILES string of the molecule is [B]C(=O)CCC(=O)NC(C)(C)C(C)(C)C(C)(C)OCCC(C)(C)C(C)(C)CC(C)NC(=O)CC(C)(C)C. The Hall–Kier alpha value is -1.37. The fourth-order valence-electron chi connectivity index (χ4n) is 4.54. The van der Waals surface area contributed by atoms with Crippen molar-refractivity contribution in [2.45, 2.75) is 146 Å². The summed E-state index contributed by atoms with van der Waals surface area (Å²) in [6.45, 7) is 30.2. The molecule has 37 heavy (non-hydrogen) atoms. The maximum atomic E-state index is 12.4. The highest BCUT2D eigenvalue weighted by Crippen LogP contribution is 2.47. The lowest BCUT2D eigenvalue weighted by atomic mass is 9.63. The molecule has 6 nitrogen and oxygen atoms in total. The molecule has 0 aromatic heterocycles. The molecule has 2 N–H and O–H groups in total. The van der Waals surface area contributed by atoms with Gasteiger partial charge in [0, 0.05) is 42.9 Å². The Labute approximate surface area is 229 Å². The minimum Gasteiger partial charge on any atom is -0.375 e. The standard InChI is InChI=1S/C30H57BN2O4/c1-21(32-24(36)20-25(2,3)4)19-27(7,8)26(5,6)17-18-37-30(13,14)28(9,10)29(11,12)33-23(35)16-15-22(31)34/h21H,15-20H2,1-14H3,(H,32,36)(H,33,35). The summed E-state index contributed by atoms with van der Waals surface area (Å²) < 4.78 is 6.52. The summed E-state index contributed by atoms with van der Waals surface area (Å²) in [6, 6.07) is 0.0828. The van der Waals surface area contributed by atoms with Crippen molar-refractivity contribution in [3.63, 3.8) is 0 Å². The molecule has 0 bridgehead atoms. The molecule has 0 spiro atoms. The van der Waals surface area contributed by atoms with Gasteiger partial charge < -0.3 is 20.2 Å². The molecule has 1 unspecified atom stereocenters. The van der Waals surface area contributed by atoms with Crippen molar-refractivity contribution < 1.29 is 19.1 Å². The van der Waals surface area contributed by atoms with Crippen molar-refractivity contribution in [2.75, 3.05) is 6.61 Å². The van der Waals surface area contributed by atoms with E-state index in [1.165, 1.54) is 0 Å². The van der Waals surface area contributed by atoms with Crippen LogP contribution in [-0.4, -0.2) is 49.1 Å². The van der Waals surface area contributed by atoms with Gasteiger partial charge >= 0.3 is 0 Å². The lowest BCUT2D eigenvalue weighted by Gasteiger charge is -2.52. The van der Waals surface area contributed by atoms with E-state index in [9.17, 15) is 14.4 Å². The smallest absolute Gasteiger partial charge is 0.220 e. The first kappa shape index (κ1) is 35.6. The Balaban J connectivity index is 5.18. The van der Waals surface area contributed by atoms with Crippen LogP contribution in [0.25, 0.3) is 0 Å². The van der Waals surface area contributed by atoms with Gasteiger partial charge in [-0.15, -0.1) is 0 Å². The van der Waals surface area contributed by atoms with E-state index < -0.39 is 22.2 Å². The number of hydrogen-bond acceptors (Lipinski definition) is 4. The molecule has 0 heterocycles. The van der Waals surface area contributed by atoms with Crippen molar-refractivity contribution in [1.29, 1.82) is 0 Å². The third-order valence-corrected chi connectivity index (χ3v) is 9.05. The highest BCUT2D eigenvalue weighted by atomic mass is 16.5. The molecule has 214 valence electrons. The molecule has 0 saturated carbocycles. The largest absolute Gasteiger partial charge is 0.375 e. The second kappa shape index (κ2) is 12.7. The topological polar surface area (TPSA) is 84.5 Å². The molecule has 0 aromatic rings. The zero-order valence-electron chi connectivity index (χ0n) is 26.5. The maximum Gasteiger partial charge on any atom is 0.220 e. The fraction of sp³-hybridized carbons (Fsp3) is 0.900. The third kappa shape index (κ3) is 11.1. The first-order valence-electron chi connectivity index (χ1n) is 13.8. The minimum atomic E-state index is -0.583. The van der Waals surface area contributed by atoms with E-state index in [4.69, 9.17) is 12.6 Å². The number of rotatable bonds is 15. The Bertz CT molecular complexity index is 792. The van der Waals surface area contributed by atoms with Crippen molar-refractivity contribution in [3.05, 3.63) is 0 Å². The van der Waals surface area contributed by atoms with Crippen LogP contribution in [0, 0.1) is 21.7 Å². The number of nitrogens with one attached hydrogen (secondary N) is 2. The van der Waals surface area contributed by atoms with Crippen molar-refractivity contribution in [2.24, 2.45) is 21.7 Å². The Kier molecular flexibility index (Phi) is 12.2. The summed E-state index contributed by atoms with van der Waals surface area (Å²) >= 11 is 0. The number of amides is 2. The Morgan fingerprint density at radius 2 is 1.30 bits per heavy atom. The van der Waals surface area contributed by atoms with Gasteiger partial charge in [-0.25, -0.2) is 0 Å². The van der Waals surface area contributed by atoms with E-state index in [1.807, 2.05) is 13.8 Å². The highest BCUT2D eigenvalue weighted by molar-refractivity contribution is 6.57. The van der Waals surface area contributed by atoms with Gasteiger partial charge in [-0.1, -0.05) is 62.3 Å². The number of hydrogen-bond donors (Lipinski definition) is 2. The highest BCUT2D eigenvalue weighted by Gasteiger charge is 2.50. The Morgan fingerprint density at radius 3 is 1.76 bits per heavy atom. The van der Waals surface area contributed by atoms with Gasteiger partial charge in [-0.2, -0.15) is 0 Å². The molecule has 0 aliphatic carbocycles. The summed E-state index contributed by atoms with van der Waals surface area (Å²) in [5, 5.41) is 6.26. The molecular weight excluding hydrogens is 463 g/mol. The van der Waals surface area contributed by atoms with Crippen molar-refractivity contribution in [1.82, 2.24) is 10.6 Å². The maximum absolute atomic E-state index is 12.4. The summed E-state index contributed by atoms with van der Waals surface area (Å²) in [7, 11) is 5.19. The normalized spacial score (nSPS) is 14.8. The first-order chi connectivity index (χ1) is 16.3. The van der Waals surface area contributed by atoms with E-state index >= 15 is 0 Å². The predicted molar refractivity (Wildman–Crippen MR) is 155 cm³/mol. The molecule has 0 aliphatic heterocycles. The van der Waals surface area contributed by atoms with E-state index in [2.05, 4.69) is 93.7 Å². The molecule has 2 amide bonds. The number of carbonyl (C=O) groups excluding carboxylic acids is 3. The van der Waals surface area contributed by atoms with Crippen molar-refractivity contribution >= 4 is 25.3 Å². The second-order valence-electron chi connectivity index (χ2n) is 15.1. The van der Waals surface area contributed by atoms with Crippen LogP contribution in [0.1, 0.15) is 129 Å². The molecule has 0 fully saturated rings. The van der Waals surface area contributed by atoms with Crippen molar-refractivity contribution in [3.8, 4) is 0 Å². The van der Waals surface area contributed by atoms with Crippen LogP contribution in [0.4, 0.5) is 0 Å². The molecule has 1 atom stereocenters. The van der Waals surface area contributed by atoms with Crippen LogP contribution >= 0.6 is 0 Å². The molecule has 7 heteroatoms. The summed E-state index contributed by atoms with van der Waals surface area (Å²) in [4.78, 5) is 35.9. The molecule has 0 rings (SSSR count). The summed E-state index contributed by atoms with van der Waals surface area (Å²) in [5.41, 5.74) is -2.12. The molecule has 0 saturated heterocycles. The quantitative estimate of drug-likeness (QED) is 0.261. The van der Waals surface area contributed by atoms with E-state index in [0.29, 0.717) is 13.0 Å². The van der Waals surface area contributed by atoms with Crippen LogP contribution < -0.4 is 10.6 Å². The second-order valence-corrected chi connectivity index (χ2v) is 15.1. The van der Waals surface area contributed by atoms with Gasteiger partial charge in [0.1, 0.15) is 0 Å². The average Bonchev–Trinajstić information content (AvgIpc) is 2.62. The van der Waals surface area contributed by atoms with Gasteiger partial charge in [-0.3, -0.25) is 9.59 Å². The lowest BCUT2D eigenvalue weighted by Crippen LogP contribution is -2.62.